The fourth-order valence-electron chi connectivity index (χ4n) is 1.86. The third kappa shape index (κ3) is 3.56. The van der Waals surface area contributed by atoms with E-state index < -0.39 is 5.97 Å². The van der Waals surface area contributed by atoms with Gasteiger partial charge in [-0.1, -0.05) is 6.07 Å². The maximum atomic E-state index is 10.3. The average Bonchev–Trinajstić information content (AvgIpc) is 2.80. The van der Waals surface area contributed by atoms with Crippen LogP contribution < -0.4 is 5.32 Å². The summed E-state index contributed by atoms with van der Waals surface area (Å²) in [6.07, 6.45) is 3.53. The predicted molar refractivity (Wildman–Crippen MR) is 69.5 cm³/mol. The highest BCUT2D eigenvalue weighted by molar-refractivity contribution is 5.75. The first-order valence-corrected chi connectivity index (χ1v) is 6.10. The fraction of sp³-hybridized carbons (Fsp3) is 0.385. The number of fused-ring (bicyclic) bond motifs is 1. The van der Waals surface area contributed by atoms with E-state index in [4.69, 9.17) is 5.11 Å². The van der Waals surface area contributed by atoms with Gasteiger partial charge in [-0.2, -0.15) is 0 Å². The maximum Gasteiger partial charge on any atom is 0.303 e. The molecule has 1 aromatic carbocycles. The highest BCUT2D eigenvalue weighted by Crippen LogP contribution is 2.11. The molecule has 0 fully saturated rings. The molecular weight excluding hydrogens is 230 g/mol. The van der Waals surface area contributed by atoms with Crippen LogP contribution in [0.5, 0.6) is 0 Å². The molecule has 1 aromatic heterocycles. The largest absolute Gasteiger partial charge is 0.481 e. The summed E-state index contributed by atoms with van der Waals surface area (Å²) in [5.74, 6) is -0.735. The number of H-pyrrole nitrogens is 1. The van der Waals surface area contributed by atoms with Gasteiger partial charge in [-0.05, 0) is 43.6 Å². The number of benzene rings is 1. The molecule has 5 heteroatoms. The molecule has 0 aliphatic heterocycles. The van der Waals surface area contributed by atoms with E-state index in [1.54, 1.807) is 6.33 Å². The molecule has 0 aliphatic carbocycles. The first-order chi connectivity index (χ1) is 8.75. The molecule has 3 N–H and O–H groups in total. The van der Waals surface area contributed by atoms with E-state index in [1.165, 1.54) is 5.56 Å². The van der Waals surface area contributed by atoms with Crippen molar-refractivity contribution in [2.45, 2.75) is 19.3 Å². The number of hydrogen-bond donors (Lipinski definition) is 3. The Balaban J connectivity index is 1.71. The third-order valence-corrected chi connectivity index (χ3v) is 2.82. The zero-order chi connectivity index (χ0) is 12.8. The van der Waals surface area contributed by atoms with Crippen molar-refractivity contribution in [2.24, 2.45) is 0 Å². The van der Waals surface area contributed by atoms with Crippen molar-refractivity contribution in [1.29, 1.82) is 0 Å². The van der Waals surface area contributed by atoms with Crippen molar-refractivity contribution >= 4 is 17.0 Å². The lowest BCUT2D eigenvalue weighted by atomic mass is 10.1. The Bertz CT molecular complexity index is 522. The minimum atomic E-state index is -0.735. The standard InChI is InChI=1S/C13H17N3O2/c17-13(18)2-1-6-14-7-5-10-3-4-11-12(8-10)16-9-15-11/h3-4,8-9,14H,1-2,5-7H2,(H,15,16)(H,17,18). The van der Waals surface area contributed by atoms with Gasteiger partial charge in [0.1, 0.15) is 0 Å². The lowest BCUT2D eigenvalue weighted by molar-refractivity contribution is -0.137. The van der Waals surface area contributed by atoms with Crippen molar-refractivity contribution in [3.05, 3.63) is 30.1 Å². The second-order valence-corrected chi connectivity index (χ2v) is 4.25. The highest BCUT2D eigenvalue weighted by Gasteiger charge is 1.99. The molecule has 0 atom stereocenters. The molecule has 0 spiro atoms. The molecule has 0 saturated carbocycles. The Labute approximate surface area is 105 Å². The van der Waals surface area contributed by atoms with E-state index in [0.29, 0.717) is 6.42 Å². The minimum absolute atomic E-state index is 0.229. The van der Waals surface area contributed by atoms with Gasteiger partial charge in [0.15, 0.2) is 0 Å². The number of aliphatic carboxylic acids is 1. The molecule has 18 heavy (non-hydrogen) atoms. The second kappa shape index (κ2) is 6.16. The first-order valence-electron chi connectivity index (χ1n) is 6.10. The summed E-state index contributed by atoms with van der Waals surface area (Å²) in [4.78, 5) is 17.6. The summed E-state index contributed by atoms with van der Waals surface area (Å²) in [5, 5.41) is 11.7. The third-order valence-electron chi connectivity index (χ3n) is 2.82. The number of hydrogen-bond acceptors (Lipinski definition) is 3. The summed E-state index contributed by atoms with van der Waals surface area (Å²) in [5.41, 5.74) is 3.28. The van der Waals surface area contributed by atoms with Gasteiger partial charge in [0.2, 0.25) is 0 Å². The van der Waals surface area contributed by atoms with E-state index in [0.717, 1.165) is 30.5 Å². The fourth-order valence-corrected chi connectivity index (χ4v) is 1.86. The molecule has 0 radical (unpaired) electrons. The SMILES string of the molecule is O=C(O)CCCNCCc1ccc2nc[nH]c2c1. The number of carbonyl (C=O) groups is 1. The van der Waals surface area contributed by atoms with Crippen LogP contribution in [0, 0.1) is 0 Å². The Morgan fingerprint density at radius 1 is 1.39 bits per heavy atom. The van der Waals surface area contributed by atoms with Crippen molar-refractivity contribution in [2.75, 3.05) is 13.1 Å². The summed E-state index contributed by atoms with van der Waals surface area (Å²) < 4.78 is 0. The quantitative estimate of drug-likeness (QED) is 0.649. The Morgan fingerprint density at radius 3 is 3.11 bits per heavy atom. The molecule has 96 valence electrons. The molecule has 0 aliphatic rings. The summed E-state index contributed by atoms with van der Waals surface area (Å²) in [6, 6.07) is 6.18. The van der Waals surface area contributed by atoms with Crippen molar-refractivity contribution in [1.82, 2.24) is 15.3 Å². The molecular formula is C13H17N3O2. The predicted octanol–water partition coefficient (Wildman–Crippen LogP) is 1.56. The average molecular weight is 247 g/mol. The number of nitrogens with zero attached hydrogens (tertiary/aromatic N) is 1. The van der Waals surface area contributed by atoms with E-state index >= 15 is 0 Å². The van der Waals surface area contributed by atoms with E-state index in [9.17, 15) is 4.79 Å². The molecule has 5 nitrogen and oxygen atoms in total. The summed E-state index contributed by atoms with van der Waals surface area (Å²) >= 11 is 0. The van der Waals surface area contributed by atoms with Crippen LogP contribution in [0.4, 0.5) is 0 Å². The van der Waals surface area contributed by atoms with Gasteiger partial charge in [-0.15, -0.1) is 0 Å². The Hall–Kier alpha value is -1.88. The van der Waals surface area contributed by atoms with E-state index in [2.05, 4.69) is 27.4 Å². The maximum absolute atomic E-state index is 10.3. The van der Waals surface area contributed by atoms with Crippen molar-refractivity contribution in [3.8, 4) is 0 Å². The lowest BCUT2D eigenvalue weighted by Gasteiger charge is -2.04. The van der Waals surface area contributed by atoms with Crippen LogP contribution in [-0.2, 0) is 11.2 Å². The van der Waals surface area contributed by atoms with Crippen LogP contribution in [0.25, 0.3) is 11.0 Å². The van der Waals surface area contributed by atoms with Crippen molar-refractivity contribution < 1.29 is 9.90 Å². The molecule has 0 saturated heterocycles. The van der Waals surface area contributed by atoms with Crippen LogP contribution >= 0.6 is 0 Å². The van der Waals surface area contributed by atoms with E-state index in [-0.39, 0.29) is 6.42 Å². The second-order valence-electron chi connectivity index (χ2n) is 4.25. The first kappa shape index (κ1) is 12.6. The number of carboxylic acid groups (broad SMARTS) is 1. The van der Waals surface area contributed by atoms with Gasteiger partial charge in [-0.25, -0.2) is 4.98 Å². The summed E-state index contributed by atoms with van der Waals surface area (Å²) in [6.45, 7) is 1.61. The van der Waals surface area contributed by atoms with Crippen LogP contribution in [-0.4, -0.2) is 34.1 Å². The van der Waals surface area contributed by atoms with Gasteiger partial charge in [0, 0.05) is 6.42 Å². The minimum Gasteiger partial charge on any atom is -0.481 e. The smallest absolute Gasteiger partial charge is 0.303 e. The van der Waals surface area contributed by atoms with Crippen molar-refractivity contribution in [3.63, 3.8) is 0 Å². The Morgan fingerprint density at radius 2 is 2.28 bits per heavy atom. The van der Waals surface area contributed by atoms with Gasteiger partial charge in [-0.3, -0.25) is 4.79 Å². The number of aromatic nitrogens is 2. The van der Waals surface area contributed by atoms with Gasteiger partial charge >= 0.3 is 5.97 Å². The Kier molecular flexibility index (Phi) is 4.30. The van der Waals surface area contributed by atoms with Crippen LogP contribution in [0.1, 0.15) is 18.4 Å². The molecule has 0 amide bonds. The molecule has 0 bridgehead atoms. The highest BCUT2D eigenvalue weighted by atomic mass is 16.4. The molecule has 2 aromatic rings. The number of carboxylic acids is 1. The van der Waals surface area contributed by atoms with Crippen LogP contribution in [0.2, 0.25) is 0 Å². The zero-order valence-corrected chi connectivity index (χ0v) is 10.1. The molecule has 1 heterocycles. The van der Waals surface area contributed by atoms with Crippen LogP contribution in [0.3, 0.4) is 0 Å². The van der Waals surface area contributed by atoms with Gasteiger partial charge in [0.05, 0.1) is 17.4 Å². The van der Waals surface area contributed by atoms with Crippen LogP contribution in [0.15, 0.2) is 24.5 Å². The van der Waals surface area contributed by atoms with Gasteiger partial charge in [0.25, 0.3) is 0 Å². The molecule has 0 unspecified atom stereocenters. The number of imidazole rings is 1. The number of nitrogens with one attached hydrogen (secondary N) is 2. The van der Waals surface area contributed by atoms with Gasteiger partial charge < -0.3 is 15.4 Å². The van der Waals surface area contributed by atoms with E-state index in [1.807, 2.05) is 6.07 Å². The number of aromatic amines is 1. The summed E-state index contributed by atoms with van der Waals surface area (Å²) in [7, 11) is 0. The monoisotopic (exact) mass is 247 g/mol. The topological polar surface area (TPSA) is 78.0 Å². The molecule has 2 rings (SSSR count). The zero-order valence-electron chi connectivity index (χ0n) is 10.1. The number of rotatable bonds is 7. The lowest BCUT2D eigenvalue weighted by Crippen LogP contribution is -2.19. The normalized spacial score (nSPS) is 10.9.